The molecule has 1 unspecified atom stereocenters. The third-order valence-electron chi connectivity index (χ3n) is 4.05. The van der Waals surface area contributed by atoms with Crippen molar-refractivity contribution in [1.29, 1.82) is 0 Å². The molecule has 1 aromatic carbocycles. The van der Waals surface area contributed by atoms with Crippen molar-refractivity contribution in [1.82, 2.24) is 9.80 Å². The zero-order chi connectivity index (χ0) is 17.0. The van der Waals surface area contributed by atoms with E-state index in [9.17, 15) is 23.1 Å². The smallest absolute Gasteiger partial charge is 0.322 e. The first-order chi connectivity index (χ1) is 11.0. The number of hydrogen-bond acceptors (Lipinski definition) is 3. The molecular weight excluding hydrogens is 311 g/mol. The molecule has 2 rings (SSSR count). The van der Waals surface area contributed by atoms with Gasteiger partial charge in [-0.05, 0) is 6.42 Å². The molecule has 1 aliphatic rings. The lowest BCUT2D eigenvalue weighted by Crippen LogP contribution is -2.53. The predicted molar refractivity (Wildman–Crippen MR) is 79.6 cm³/mol. The van der Waals surface area contributed by atoms with Crippen LogP contribution in [-0.4, -0.2) is 59.8 Å². The third kappa shape index (κ3) is 4.14. The summed E-state index contributed by atoms with van der Waals surface area (Å²) >= 11 is 0. The molecule has 0 saturated carbocycles. The maximum Gasteiger partial charge on any atom is 0.322 e. The van der Waals surface area contributed by atoms with Gasteiger partial charge < -0.3 is 15.3 Å². The minimum atomic E-state index is -1.30. The maximum absolute atomic E-state index is 13.5. The quantitative estimate of drug-likeness (QED) is 0.830. The Morgan fingerprint density at radius 2 is 1.78 bits per heavy atom. The third-order valence-corrected chi connectivity index (χ3v) is 4.05. The molecule has 1 fully saturated rings. The highest BCUT2D eigenvalue weighted by molar-refractivity contribution is 5.89. The molecule has 0 aromatic heterocycles. The van der Waals surface area contributed by atoms with Crippen molar-refractivity contribution in [3.8, 4) is 0 Å². The zero-order valence-electron chi connectivity index (χ0n) is 12.9. The number of hydrogen-bond donors (Lipinski definition) is 2. The standard InChI is InChI=1S/C15H20F3N3O2/c1-2-10(9-22)20-3-5-21(6-4-20)15(23)19-14-8-12(17)11(16)7-13(14)18/h7-8,10,22H,2-6,9H2,1H3,(H,19,23). The normalized spacial score (nSPS) is 17.2. The highest BCUT2D eigenvalue weighted by Gasteiger charge is 2.25. The van der Waals surface area contributed by atoms with E-state index in [1.54, 1.807) is 0 Å². The lowest BCUT2D eigenvalue weighted by molar-refractivity contribution is 0.0765. The van der Waals surface area contributed by atoms with E-state index in [0.717, 1.165) is 6.42 Å². The summed E-state index contributed by atoms with van der Waals surface area (Å²) in [6, 6.07) is 0.517. The van der Waals surface area contributed by atoms with Crippen molar-refractivity contribution in [2.24, 2.45) is 0 Å². The Hall–Kier alpha value is -1.80. The summed E-state index contributed by atoms with van der Waals surface area (Å²) in [5.74, 6) is -3.55. The Labute approximate surface area is 132 Å². The molecule has 0 radical (unpaired) electrons. The van der Waals surface area contributed by atoms with Gasteiger partial charge in [0.1, 0.15) is 5.82 Å². The molecule has 1 aromatic rings. The van der Waals surface area contributed by atoms with Crippen LogP contribution in [0.5, 0.6) is 0 Å². The molecule has 2 amide bonds. The summed E-state index contributed by atoms with van der Waals surface area (Å²) in [5.41, 5.74) is -0.391. The van der Waals surface area contributed by atoms with Crippen LogP contribution in [0.1, 0.15) is 13.3 Å². The Kier molecular flexibility index (Phi) is 5.84. The van der Waals surface area contributed by atoms with E-state index in [-0.39, 0.29) is 12.6 Å². The van der Waals surface area contributed by atoms with Crippen LogP contribution in [0.4, 0.5) is 23.7 Å². The number of carbonyl (C=O) groups excluding carboxylic acids is 1. The molecule has 1 atom stereocenters. The summed E-state index contributed by atoms with van der Waals surface area (Å²) in [6.45, 7) is 4.04. The minimum Gasteiger partial charge on any atom is -0.395 e. The fraction of sp³-hybridized carbons (Fsp3) is 0.533. The van der Waals surface area contributed by atoms with Gasteiger partial charge in [-0.15, -0.1) is 0 Å². The number of nitrogens with zero attached hydrogens (tertiary/aromatic N) is 2. The molecule has 0 bridgehead atoms. The number of halogens is 3. The van der Waals surface area contributed by atoms with Crippen molar-refractivity contribution in [2.45, 2.75) is 19.4 Å². The number of aliphatic hydroxyl groups excluding tert-OH is 1. The monoisotopic (exact) mass is 331 g/mol. The first kappa shape index (κ1) is 17.6. The fourth-order valence-corrected chi connectivity index (χ4v) is 2.61. The number of nitrogens with one attached hydrogen (secondary N) is 1. The van der Waals surface area contributed by atoms with Crippen molar-refractivity contribution in [3.63, 3.8) is 0 Å². The van der Waals surface area contributed by atoms with E-state index in [2.05, 4.69) is 10.2 Å². The molecule has 23 heavy (non-hydrogen) atoms. The lowest BCUT2D eigenvalue weighted by atomic mass is 10.2. The zero-order valence-corrected chi connectivity index (χ0v) is 12.9. The predicted octanol–water partition coefficient (Wildman–Crippen LogP) is 2.02. The maximum atomic E-state index is 13.5. The van der Waals surface area contributed by atoms with Crippen molar-refractivity contribution >= 4 is 11.7 Å². The van der Waals surface area contributed by atoms with Crippen LogP contribution in [0.25, 0.3) is 0 Å². The number of aliphatic hydroxyl groups is 1. The average Bonchev–Trinajstić information content (AvgIpc) is 2.54. The van der Waals surface area contributed by atoms with Gasteiger partial charge in [0.25, 0.3) is 0 Å². The van der Waals surface area contributed by atoms with E-state index in [4.69, 9.17) is 0 Å². The molecule has 8 heteroatoms. The highest BCUT2D eigenvalue weighted by atomic mass is 19.2. The average molecular weight is 331 g/mol. The van der Waals surface area contributed by atoms with E-state index >= 15 is 0 Å². The molecule has 5 nitrogen and oxygen atoms in total. The van der Waals surface area contributed by atoms with Gasteiger partial charge in [0, 0.05) is 44.4 Å². The van der Waals surface area contributed by atoms with Crippen LogP contribution in [-0.2, 0) is 0 Å². The van der Waals surface area contributed by atoms with Crippen molar-refractivity contribution in [3.05, 3.63) is 29.6 Å². The van der Waals surface area contributed by atoms with Crippen LogP contribution in [0.2, 0.25) is 0 Å². The largest absolute Gasteiger partial charge is 0.395 e. The number of amides is 2. The van der Waals surface area contributed by atoms with Crippen LogP contribution < -0.4 is 5.32 Å². The minimum absolute atomic E-state index is 0.0583. The molecule has 1 saturated heterocycles. The first-order valence-electron chi connectivity index (χ1n) is 7.51. The molecule has 0 aliphatic carbocycles. The SMILES string of the molecule is CCC(CO)N1CCN(C(=O)Nc2cc(F)c(F)cc2F)CC1. The van der Waals surface area contributed by atoms with E-state index < -0.39 is 29.2 Å². The second-order valence-corrected chi connectivity index (χ2v) is 5.44. The van der Waals surface area contributed by atoms with Gasteiger partial charge in [0.2, 0.25) is 0 Å². The van der Waals surface area contributed by atoms with Crippen LogP contribution in [0, 0.1) is 17.5 Å². The molecule has 128 valence electrons. The van der Waals surface area contributed by atoms with Gasteiger partial charge in [-0.3, -0.25) is 4.90 Å². The Morgan fingerprint density at radius 3 is 2.35 bits per heavy atom. The summed E-state index contributed by atoms with van der Waals surface area (Å²) < 4.78 is 39.5. The molecule has 2 N–H and O–H groups in total. The molecular formula is C15H20F3N3O2. The van der Waals surface area contributed by atoms with E-state index in [1.807, 2.05) is 6.92 Å². The van der Waals surface area contributed by atoms with Crippen LogP contribution >= 0.6 is 0 Å². The van der Waals surface area contributed by atoms with E-state index in [0.29, 0.717) is 38.3 Å². The number of anilines is 1. The second kappa shape index (κ2) is 7.65. The fourth-order valence-electron chi connectivity index (χ4n) is 2.61. The molecule has 1 aliphatic heterocycles. The Bertz CT molecular complexity index is 559. The van der Waals surface area contributed by atoms with Crippen LogP contribution in [0.15, 0.2) is 12.1 Å². The van der Waals surface area contributed by atoms with Crippen molar-refractivity contribution < 1.29 is 23.1 Å². The van der Waals surface area contributed by atoms with Gasteiger partial charge in [0.15, 0.2) is 11.6 Å². The van der Waals surface area contributed by atoms with Gasteiger partial charge >= 0.3 is 6.03 Å². The van der Waals surface area contributed by atoms with E-state index in [1.165, 1.54) is 4.90 Å². The van der Waals surface area contributed by atoms with Crippen molar-refractivity contribution in [2.75, 3.05) is 38.1 Å². The highest BCUT2D eigenvalue weighted by Crippen LogP contribution is 2.19. The number of piperazine rings is 1. The summed E-state index contributed by atoms with van der Waals surface area (Å²) in [7, 11) is 0. The lowest BCUT2D eigenvalue weighted by Gasteiger charge is -2.38. The summed E-state index contributed by atoms with van der Waals surface area (Å²) in [4.78, 5) is 15.7. The number of carbonyl (C=O) groups is 1. The van der Waals surface area contributed by atoms with Gasteiger partial charge in [-0.25, -0.2) is 18.0 Å². The summed E-state index contributed by atoms with van der Waals surface area (Å²) in [6.07, 6.45) is 0.808. The van der Waals surface area contributed by atoms with Gasteiger partial charge in [0.05, 0.1) is 12.3 Å². The number of benzene rings is 1. The Morgan fingerprint density at radius 1 is 1.17 bits per heavy atom. The number of rotatable bonds is 4. The molecule has 1 heterocycles. The number of urea groups is 1. The second-order valence-electron chi connectivity index (χ2n) is 5.44. The Balaban J connectivity index is 1.94. The van der Waals surface area contributed by atoms with Crippen LogP contribution in [0.3, 0.4) is 0 Å². The topological polar surface area (TPSA) is 55.8 Å². The molecule has 0 spiro atoms. The van der Waals surface area contributed by atoms with Gasteiger partial charge in [-0.2, -0.15) is 0 Å². The first-order valence-corrected chi connectivity index (χ1v) is 7.51. The summed E-state index contributed by atoms with van der Waals surface area (Å²) in [5, 5.41) is 11.5. The van der Waals surface area contributed by atoms with Gasteiger partial charge in [-0.1, -0.05) is 6.92 Å².